The molecule has 1 aliphatic heterocycles. The lowest BCUT2D eigenvalue weighted by atomic mass is 9.87. The Balaban J connectivity index is 1.59. The first-order chi connectivity index (χ1) is 13.8. The Morgan fingerprint density at radius 1 is 1.07 bits per heavy atom. The molecule has 0 aromatic heterocycles. The fourth-order valence-corrected chi connectivity index (χ4v) is 3.72. The first kappa shape index (κ1) is 20.9. The van der Waals surface area contributed by atoms with Crippen LogP contribution in [0.2, 0.25) is 0 Å². The Bertz CT molecular complexity index is 851. The summed E-state index contributed by atoms with van der Waals surface area (Å²) < 4.78 is 5.21. The van der Waals surface area contributed by atoms with Crippen LogP contribution >= 0.6 is 0 Å². The van der Waals surface area contributed by atoms with E-state index in [1.165, 1.54) is 5.56 Å². The molecule has 0 bridgehead atoms. The molecule has 29 heavy (non-hydrogen) atoms. The van der Waals surface area contributed by atoms with Gasteiger partial charge in [0.2, 0.25) is 5.91 Å². The summed E-state index contributed by atoms with van der Waals surface area (Å²) in [5, 5.41) is 2.77. The molecule has 1 fully saturated rings. The number of nitrogens with one attached hydrogen (secondary N) is 1. The van der Waals surface area contributed by atoms with Gasteiger partial charge in [-0.3, -0.25) is 9.59 Å². The highest BCUT2D eigenvalue weighted by Gasteiger charge is 2.30. The van der Waals surface area contributed by atoms with Crippen LogP contribution in [0.5, 0.6) is 5.75 Å². The van der Waals surface area contributed by atoms with Crippen LogP contribution < -0.4 is 10.1 Å². The number of hydrogen-bond donors (Lipinski definition) is 1. The maximum atomic E-state index is 12.8. The van der Waals surface area contributed by atoms with Gasteiger partial charge in [-0.2, -0.15) is 0 Å². The average Bonchev–Trinajstić information content (AvgIpc) is 3.21. The molecule has 0 radical (unpaired) electrons. The topological polar surface area (TPSA) is 58.6 Å². The number of likely N-dealkylation sites (tertiary alicyclic amines) is 1. The minimum Gasteiger partial charge on any atom is -0.497 e. The smallest absolute Gasteiger partial charge is 0.251 e. The summed E-state index contributed by atoms with van der Waals surface area (Å²) in [6.45, 7) is 7.13. The van der Waals surface area contributed by atoms with Gasteiger partial charge in [0.05, 0.1) is 19.7 Å². The van der Waals surface area contributed by atoms with Crippen molar-refractivity contribution in [2.75, 3.05) is 20.2 Å². The molecule has 1 saturated heterocycles. The van der Waals surface area contributed by atoms with Crippen molar-refractivity contribution < 1.29 is 14.3 Å². The summed E-state index contributed by atoms with van der Waals surface area (Å²) in [5.41, 5.74) is 2.88. The molecule has 2 aromatic carbocycles. The zero-order valence-corrected chi connectivity index (χ0v) is 17.7. The van der Waals surface area contributed by atoms with Crippen LogP contribution in [0.15, 0.2) is 48.5 Å². The summed E-state index contributed by atoms with van der Waals surface area (Å²) in [6, 6.07) is 15.5. The van der Waals surface area contributed by atoms with E-state index < -0.39 is 0 Å². The molecule has 0 spiro atoms. The molecule has 0 saturated carbocycles. The van der Waals surface area contributed by atoms with Gasteiger partial charge < -0.3 is 15.0 Å². The Kier molecular flexibility index (Phi) is 6.26. The summed E-state index contributed by atoms with van der Waals surface area (Å²) >= 11 is 0. The monoisotopic (exact) mass is 394 g/mol. The number of carbonyl (C=O) groups excluding carboxylic acids is 2. The van der Waals surface area contributed by atoms with Crippen LogP contribution in [0.3, 0.4) is 0 Å². The third-order valence-corrected chi connectivity index (χ3v) is 5.49. The molecule has 2 amide bonds. The van der Waals surface area contributed by atoms with E-state index in [0.29, 0.717) is 12.1 Å². The lowest BCUT2D eigenvalue weighted by Crippen LogP contribution is -2.39. The third kappa shape index (κ3) is 4.97. The van der Waals surface area contributed by atoms with Crippen molar-refractivity contribution in [1.29, 1.82) is 0 Å². The zero-order valence-electron chi connectivity index (χ0n) is 17.7. The van der Waals surface area contributed by atoms with Gasteiger partial charge in [-0.25, -0.2) is 0 Å². The van der Waals surface area contributed by atoms with Gasteiger partial charge >= 0.3 is 0 Å². The van der Waals surface area contributed by atoms with E-state index in [1.807, 2.05) is 53.4 Å². The molecule has 1 heterocycles. The second-order valence-electron chi connectivity index (χ2n) is 8.53. The van der Waals surface area contributed by atoms with Crippen molar-refractivity contribution in [3.8, 4) is 5.75 Å². The van der Waals surface area contributed by atoms with Crippen molar-refractivity contribution in [1.82, 2.24) is 10.2 Å². The number of hydrogen-bond acceptors (Lipinski definition) is 3. The summed E-state index contributed by atoms with van der Waals surface area (Å²) in [4.78, 5) is 27.1. The van der Waals surface area contributed by atoms with Gasteiger partial charge in [0.15, 0.2) is 0 Å². The van der Waals surface area contributed by atoms with Crippen LogP contribution in [-0.4, -0.2) is 36.9 Å². The molecule has 154 valence electrons. The van der Waals surface area contributed by atoms with Crippen LogP contribution in [0.1, 0.15) is 61.1 Å². The zero-order chi connectivity index (χ0) is 21.0. The lowest BCUT2D eigenvalue weighted by Gasteiger charge is -2.25. The normalized spacial score (nSPS) is 16.6. The Morgan fingerprint density at radius 2 is 1.72 bits per heavy atom. The first-order valence-corrected chi connectivity index (χ1v) is 10.1. The van der Waals surface area contributed by atoms with Gasteiger partial charge in [-0.1, -0.05) is 45.0 Å². The lowest BCUT2D eigenvalue weighted by molar-refractivity contribution is -0.131. The van der Waals surface area contributed by atoms with E-state index in [1.54, 1.807) is 7.11 Å². The van der Waals surface area contributed by atoms with Crippen LogP contribution in [0, 0.1) is 0 Å². The van der Waals surface area contributed by atoms with E-state index in [-0.39, 0.29) is 29.8 Å². The molecule has 1 atom stereocenters. The first-order valence-electron chi connectivity index (χ1n) is 10.1. The molecular formula is C24H30N2O3. The number of benzene rings is 2. The number of methoxy groups -OCH3 is 1. The Hall–Kier alpha value is -2.82. The van der Waals surface area contributed by atoms with Crippen LogP contribution in [-0.2, 0) is 10.2 Å². The average molecular weight is 395 g/mol. The Morgan fingerprint density at radius 3 is 2.31 bits per heavy atom. The van der Waals surface area contributed by atoms with Crippen molar-refractivity contribution >= 4 is 11.8 Å². The van der Waals surface area contributed by atoms with Crippen molar-refractivity contribution in [2.24, 2.45) is 0 Å². The predicted molar refractivity (Wildman–Crippen MR) is 114 cm³/mol. The SMILES string of the molecule is COc1ccc([C@H]2CCCN2C(=O)CNC(=O)c2ccc(C(C)(C)C)cc2)cc1. The molecule has 2 aromatic rings. The van der Waals surface area contributed by atoms with E-state index in [2.05, 4.69) is 26.1 Å². The van der Waals surface area contributed by atoms with Crippen LogP contribution in [0.4, 0.5) is 0 Å². The van der Waals surface area contributed by atoms with E-state index in [9.17, 15) is 9.59 Å². The number of nitrogens with zero attached hydrogens (tertiary/aromatic N) is 1. The molecular weight excluding hydrogens is 364 g/mol. The Labute approximate surface area is 173 Å². The highest BCUT2D eigenvalue weighted by molar-refractivity contribution is 5.96. The van der Waals surface area contributed by atoms with Gasteiger partial charge in [-0.05, 0) is 53.6 Å². The number of amides is 2. The summed E-state index contributed by atoms with van der Waals surface area (Å²) in [6.07, 6.45) is 1.89. The maximum absolute atomic E-state index is 12.8. The molecule has 3 rings (SSSR count). The minimum atomic E-state index is -0.223. The van der Waals surface area contributed by atoms with Crippen molar-refractivity contribution in [3.63, 3.8) is 0 Å². The van der Waals surface area contributed by atoms with Crippen LogP contribution in [0.25, 0.3) is 0 Å². The predicted octanol–water partition coefficient (Wildman–Crippen LogP) is 4.09. The molecule has 0 aliphatic carbocycles. The van der Waals surface area contributed by atoms with E-state index in [4.69, 9.17) is 4.74 Å². The fraction of sp³-hybridized carbons (Fsp3) is 0.417. The second kappa shape index (κ2) is 8.68. The quantitative estimate of drug-likeness (QED) is 0.831. The fourth-order valence-electron chi connectivity index (χ4n) is 3.72. The number of carbonyl (C=O) groups is 2. The number of ether oxygens (including phenoxy) is 1. The van der Waals surface area contributed by atoms with Crippen molar-refractivity contribution in [2.45, 2.75) is 45.1 Å². The molecule has 5 heteroatoms. The van der Waals surface area contributed by atoms with Gasteiger partial charge in [0.1, 0.15) is 5.75 Å². The van der Waals surface area contributed by atoms with Gasteiger partial charge in [-0.15, -0.1) is 0 Å². The maximum Gasteiger partial charge on any atom is 0.251 e. The largest absolute Gasteiger partial charge is 0.497 e. The minimum absolute atomic E-state index is 0.00646. The van der Waals surface area contributed by atoms with Crippen molar-refractivity contribution in [3.05, 3.63) is 65.2 Å². The molecule has 1 aliphatic rings. The summed E-state index contributed by atoms with van der Waals surface area (Å²) in [5.74, 6) is 0.524. The summed E-state index contributed by atoms with van der Waals surface area (Å²) in [7, 11) is 1.64. The third-order valence-electron chi connectivity index (χ3n) is 5.49. The number of rotatable bonds is 5. The molecule has 5 nitrogen and oxygen atoms in total. The molecule has 1 N–H and O–H groups in total. The van der Waals surface area contributed by atoms with Gasteiger partial charge in [0.25, 0.3) is 5.91 Å². The van der Waals surface area contributed by atoms with E-state index in [0.717, 1.165) is 24.2 Å². The van der Waals surface area contributed by atoms with Gasteiger partial charge in [0, 0.05) is 12.1 Å². The second-order valence-corrected chi connectivity index (χ2v) is 8.53. The van der Waals surface area contributed by atoms with E-state index >= 15 is 0 Å². The highest BCUT2D eigenvalue weighted by atomic mass is 16.5. The molecule has 0 unspecified atom stereocenters. The standard InChI is InChI=1S/C24H30N2O3/c1-24(2,3)19-11-7-18(8-12-19)23(28)25-16-22(27)26-15-5-6-21(26)17-9-13-20(29-4)14-10-17/h7-14,21H,5-6,15-16H2,1-4H3,(H,25,28)/t21-/m1/s1. The highest BCUT2D eigenvalue weighted by Crippen LogP contribution is 2.32.